The molecule has 3 unspecified atom stereocenters. The smallest absolute Gasteiger partial charge is 0.0610 e. The molecule has 4 heteroatoms. The summed E-state index contributed by atoms with van der Waals surface area (Å²) in [4.78, 5) is 2.50. The van der Waals surface area contributed by atoms with Crippen molar-refractivity contribution in [3.8, 4) is 0 Å². The molecular weight excluding hydrogens is 293 g/mol. The van der Waals surface area contributed by atoms with E-state index in [9.17, 15) is 5.11 Å². The molecule has 1 aromatic rings. The predicted molar refractivity (Wildman–Crippen MR) is 83.5 cm³/mol. The van der Waals surface area contributed by atoms with Crippen LogP contribution in [0.5, 0.6) is 0 Å². The average molecular weight is 314 g/mol. The maximum atomic E-state index is 10.6. The highest BCUT2D eigenvalue weighted by Gasteiger charge is 2.40. The maximum Gasteiger partial charge on any atom is 0.0610 e. The quantitative estimate of drug-likeness (QED) is 0.918. The molecule has 0 saturated carbocycles. The third kappa shape index (κ3) is 2.85. The van der Waals surface area contributed by atoms with E-state index in [2.05, 4.69) is 11.9 Å². The van der Waals surface area contributed by atoms with Gasteiger partial charge < -0.3 is 10.0 Å². The monoisotopic (exact) mass is 313 g/mol. The third-order valence-corrected chi connectivity index (χ3v) is 5.72. The Kier molecular flexibility index (Phi) is 4.28. The van der Waals surface area contributed by atoms with Gasteiger partial charge in [0, 0.05) is 28.5 Å². The number of benzene rings is 1. The van der Waals surface area contributed by atoms with Gasteiger partial charge in [-0.05, 0) is 62.4 Å². The van der Waals surface area contributed by atoms with Crippen LogP contribution < -0.4 is 0 Å². The number of hydrogen-bond acceptors (Lipinski definition) is 2. The fraction of sp³-hybridized carbons (Fsp3) is 0.625. The van der Waals surface area contributed by atoms with Crippen molar-refractivity contribution in [1.82, 2.24) is 4.90 Å². The molecule has 2 nitrogen and oxygen atoms in total. The second-order valence-electron chi connectivity index (χ2n) is 6.29. The molecule has 3 atom stereocenters. The molecule has 1 aromatic carbocycles. The molecule has 2 saturated heterocycles. The number of halogens is 2. The van der Waals surface area contributed by atoms with Crippen LogP contribution in [-0.2, 0) is 6.42 Å². The zero-order valence-electron chi connectivity index (χ0n) is 11.7. The van der Waals surface area contributed by atoms with E-state index >= 15 is 0 Å². The largest absolute Gasteiger partial charge is 0.392 e. The minimum atomic E-state index is -0.317. The van der Waals surface area contributed by atoms with Crippen molar-refractivity contribution in [2.75, 3.05) is 7.05 Å². The Morgan fingerprint density at radius 1 is 1.25 bits per heavy atom. The second-order valence-corrected chi connectivity index (χ2v) is 7.13. The van der Waals surface area contributed by atoms with Crippen molar-refractivity contribution in [1.29, 1.82) is 0 Å². The molecule has 2 fully saturated rings. The van der Waals surface area contributed by atoms with Gasteiger partial charge in [0.05, 0.1) is 6.10 Å². The summed E-state index contributed by atoms with van der Waals surface area (Å²) in [6.45, 7) is 0. The number of piperidine rings is 1. The van der Waals surface area contributed by atoms with E-state index in [-0.39, 0.29) is 6.10 Å². The Hall–Kier alpha value is -0.280. The van der Waals surface area contributed by atoms with Crippen molar-refractivity contribution in [3.05, 3.63) is 33.8 Å². The van der Waals surface area contributed by atoms with Crippen LogP contribution >= 0.6 is 23.2 Å². The van der Waals surface area contributed by atoms with Crippen LogP contribution in [0.4, 0.5) is 0 Å². The second kappa shape index (κ2) is 5.84. The molecule has 0 aromatic heterocycles. The van der Waals surface area contributed by atoms with Gasteiger partial charge in [0.2, 0.25) is 0 Å². The van der Waals surface area contributed by atoms with Gasteiger partial charge in [-0.3, -0.25) is 0 Å². The maximum absolute atomic E-state index is 10.6. The zero-order valence-corrected chi connectivity index (χ0v) is 13.2. The first kappa shape index (κ1) is 14.6. The lowest BCUT2D eigenvalue weighted by Gasteiger charge is -2.38. The van der Waals surface area contributed by atoms with Crippen LogP contribution in [0.15, 0.2) is 18.2 Å². The van der Waals surface area contributed by atoms with E-state index in [4.69, 9.17) is 23.2 Å². The lowest BCUT2D eigenvalue weighted by Crippen LogP contribution is -2.43. The van der Waals surface area contributed by atoms with Crippen LogP contribution in [0.3, 0.4) is 0 Å². The van der Waals surface area contributed by atoms with E-state index < -0.39 is 0 Å². The van der Waals surface area contributed by atoms with E-state index in [0.717, 1.165) is 18.4 Å². The van der Waals surface area contributed by atoms with Gasteiger partial charge in [0.15, 0.2) is 0 Å². The highest BCUT2D eigenvalue weighted by molar-refractivity contribution is 6.33. The molecule has 0 aliphatic carbocycles. The first-order chi connectivity index (χ1) is 9.54. The zero-order chi connectivity index (χ0) is 14.3. The van der Waals surface area contributed by atoms with Gasteiger partial charge in [-0.25, -0.2) is 0 Å². The molecule has 1 N–H and O–H groups in total. The van der Waals surface area contributed by atoms with Gasteiger partial charge >= 0.3 is 0 Å². The number of nitrogens with zero attached hydrogens (tertiary/aromatic N) is 1. The number of hydrogen-bond donors (Lipinski definition) is 1. The third-order valence-electron chi connectivity index (χ3n) is 5.12. The number of fused-ring (bicyclic) bond motifs is 2. The summed E-state index contributed by atoms with van der Waals surface area (Å²) in [5.74, 6) is 0.388. The molecular formula is C16H21Cl2NO. The highest BCUT2D eigenvalue weighted by atomic mass is 35.5. The van der Waals surface area contributed by atoms with Crippen molar-refractivity contribution >= 4 is 23.2 Å². The fourth-order valence-corrected chi connectivity index (χ4v) is 4.25. The van der Waals surface area contributed by atoms with Gasteiger partial charge in [-0.15, -0.1) is 0 Å². The standard InChI is InChI=1S/C16H21Cl2NO/c1-19-13-3-4-14(19)8-11(7-13)16(20)9-10-6-12(17)2-5-15(10)18/h2,5-6,11,13-14,16,20H,3-4,7-9H2,1H3. The van der Waals surface area contributed by atoms with Crippen molar-refractivity contribution < 1.29 is 5.11 Å². The van der Waals surface area contributed by atoms with Crippen molar-refractivity contribution in [3.63, 3.8) is 0 Å². The van der Waals surface area contributed by atoms with Gasteiger partial charge in [0.25, 0.3) is 0 Å². The molecule has 0 radical (unpaired) electrons. The Bertz CT molecular complexity index is 479. The molecule has 2 aliphatic heterocycles. The molecule has 20 heavy (non-hydrogen) atoms. The first-order valence-electron chi connectivity index (χ1n) is 7.38. The van der Waals surface area contributed by atoms with Crippen LogP contribution in [0, 0.1) is 5.92 Å². The summed E-state index contributed by atoms with van der Waals surface area (Å²) in [6, 6.07) is 6.78. The van der Waals surface area contributed by atoms with Crippen LogP contribution in [0.25, 0.3) is 0 Å². The number of aliphatic hydroxyl groups excluding tert-OH is 1. The average Bonchev–Trinajstić information content (AvgIpc) is 2.65. The molecule has 2 bridgehead atoms. The summed E-state index contributed by atoms with van der Waals surface area (Å²) in [5.41, 5.74) is 0.956. The van der Waals surface area contributed by atoms with Gasteiger partial charge in [0.1, 0.15) is 0 Å². The highest BCUT2D eigenvalue weighted by Crippen LogP contribution is 2.39. The summed E-state index contributed by atoms with van der Waals surface area (Å²) < 4.78 is 0. The molecule has 2 heterocycles. The van der Waals surface area contributed by atoms with Crippen LogP contribution in [0.1, 0.15) is 31.2 Å². The summed E-state index contributed by atoms with van der Waals surface area (Å²) in [5, 5.41) is 12.0. The summed E-state index contributed by atoms with van der Waals surface area (Å²) >= 11 is 12.2. The minimum Gasteiger partial charge on any atom is -0.392 e. The number of rotatable bonds is 3. The lowest BCUT2D eigenvalue weighted by atomic mass is 9.84. The normalized spacial score (nSPS) is 31.5. The molecule has 2 aliphatic rings. The van der Waals surface area contributed by atoms with Gasteiger partial charge in [-0.2, -0.15) is 0 Å². The Morgan fingerprint density at radius 2 is 1.90 bits per heavy atom. The summed E-state index contributed by atoms with van der Waals surface area (Å²) in [7, 11) is 2.22. The van der Waals surface area contributed by atoms with Crippen molar-refractivity contribution in [2.45, 2.75) is 50.3 Å². The van der Waals surface area contributed by atoms with E-state index in [1.54, 1.807) is 6.07 Å². The number of aliphatic hydroxyl groups is 1. The van der Waals surface area contributed by atoms with Crippen LogP contribution in [-0.4, -0.2) is 35.2 Å². The van der Waals surface area contributed by atoms with E-state index in [1.807, 2.05) is 12.1 Å². The molecule has 0 spiro atoms. The summed E-state index contributed by atoms with van der Waals surface area (Å²) in [6.07, 6.45) is 5.05. The SMILES string of the molecule is CN1C2CCC1CC(C(O)Cc1cc(Cl)ccc1Cl)C2. The minimum absolute atomic E-state index is 0.317. The molecule has 0 amide bonds. The Labute approximate surface area is 130 Å². The first-order valence-corrected chi connectivity index (χ1v) is 8.14. The Balaban J connectivity index is 1.68. The molecule has 110 valence electrons. The fourth-order valence-electron chi connectivity index (χ4n) is 3.86. The van der Waals surface area contributed by atoms with Crippen LogP contribution in [0.2, 0.25) is 10.0 Å². The molecule has 3 rings (SSSR count). The van der Waals surface area contributed by atoms with E-state index in [1.165, 1.54) is 12.8 Å². The Morgan fingerprint density at radius 3 is 2.55 bits per heavy atom. The van der Waals surface area contributed by atoms with Crippen molar-refractivity contribution in [2.24, 2.45) is 5.92 Å². The topological polar surface area (TPSA) is 23.5 Å². The predicted octanol–water partition coefficient (Wildman–Crippen LogP) is 3.77. The van der Waals surface area contributed by atoms with E-state index in [0.29, 0.717) is 34.5 Å². The lowest BCUT2D eigenvalue weighted by molar-refractivity contribution is 0.0368. The van der Waals surface area contributed by atoms with Gasteiger partial charge in [-0.1, -0.05) is 23.2 Å².